The van der Waals surface area contributed by atoms with Crippen molar-refractivity contribution in [1.29, 1.82) is 0 Å². The highest BCUT2D eigenvalue weighted by atomic mass is 16.5. The monoisotopic (exact) mass is 346 g/mol. The van der Waals surface area contributed by atoms with Crippen molar-refractivity contribution in [2.45, 2.75) is 37.7 Å². The van der Waals surface area contributed by atoms with Crippen molar-refractivity contribution in [2.75, 3.05) is 26.2 Å². The summed E-state index contributed by atoms with van der Waals surface area (Å²) in [6, 6.07) is 1.71. The minimum Gasteiger partial charge on any atom is -0.371 e. The van der Waals surface area contributed by atoms with Gasteiger partial charge in [0.05, 0.1) is 13.1 Å². The van der Waals surface area contributed by atoms with E-state index in [-0.39, 0.29) is 17.4 Å². The first-order chi connectivity index (χ1) is 12.1. The Bertz CT molecular complexity index is 661. The van der Waals surface area contributed by atoms with Crippen LogP contribution in [0.2, 0.25) is 0 Å². The van der Waals surface area contributed by atoms with E-state index in [1.807, 2.05) is 4.90 Å². The van der Waals surface area contributed by atoms with Gasteiger partial charge in [0, 0.05) is 32.3 Å². The van der Waals surface area contributed by atoms with Gasteiger partial charge in [0.2, 0.25) is 5.91 Å². The van der Waals surface area contributed by atoms with E-state index in [1.165, 1.54) is 6.42 Å². The summed E-state index contributed by atoms with van der Waals surface area (Å²) in [5, 5.41) is 6.99. The van der Waals surface area contributed by atoms with Gasteiger partial charge in [-0.05, 0) is 37.7 Å². The molecule has 25 heavy (non-hydrogen) atoms. The van der Waals surface area contributed by atoms with Gasteiger partial charge in [-0.25, -0.2) is 0 Å². The third-order valence-corrected chi connectivity index (χ3v) is 6.11. The second-order valence-corrected chi connectivity index (χ2v) is 7.61. The SMILES string of the molecule is Cn1nccc1C(=O)NCC[C@H]1CCOC12CN(C(=O)C1CCC1)C2. The van der Waals surface area contributed by atoms with Crippen LogP contribution in [0.5, 0.6) is 0 Å². The molecule has 1 aromatic heterocycles. The summed E-state index contributed by atoms with van der Waals surface area (Å²) in [7, 11) is 1.76. The maximum Gasteiger partial charge on any atom is 0.269 e. The first kappa shape index (κ1) is 16.6. The summed E-state index contributed by atoms with van der Waals surface area (Å²) in [6.45, 7) is 2.83. The normalized spacial score (nSPS) is 24.8. The number of ether oxygens (including phenoxy) is 1. The van der Waals surface area contributed by atoms with Crippen LogP contribution in [-0.4, -0.2) is 58.3 Å². The standard InChI is InChI=1S/C18H26N4O3/c1-21-15(6-9-20-21)16(23)19-8-5-14-7-10-25-18(14)11-22(12-18)17(24)13-3-2-4-13/h6,9,13-14H,2-5,7-8,10-12H2,1H3,(H,19,23)/t14-/m0/s1. The highest BCUT2D eigenvalue weighted by Crippen LogP contribution is 2.43. The third-order valence-electron chi connectivity index (χ3n) is 6.11. The molecule has 7 nitrogen and oxygen atoms in total. The van der Waals surface area contributed by atoms with E-state index in [0.29, 0.717) is 24.1 Å². The molecular weight excluding hydrogens is 320 g/mol. The maximum absolute atomic E-state index is 12.3. The van der Waals surface area contributed by atoms with Crippen molar-refractivity contribution in [3.8, 4) is 0 Å². The van der Waals surface area contributed by atoms with Gasteiger partial charge >= 0.3 is 0 Å². The van der Waals surface area contributed by atoms with Crippen LogP contribution in [0.3, 0.4) is 0 Å². The van der Waals surface area contributed by atoms with Crippen LogP contribution in [0, 0.1) is 11.8 Å². The molecule has 1 atom stereocenters. The number of carbonyl (C=O) groups excluding carboxylic acids is 2. The minimum absolute atomic E-state index is 0.0941. The summed E-state index contributed by atoms with van der Waals surface area (Å²) in [5.74, 6) is 0.888. The predicted octanol–water partition coefficient (Wildman–Crippen LogP) is 0.958. The summed E-state index contributed by atoms with van der Waals surface area (Å²) in [4.78, 5) is 26.4. The highest BCUT2D eigenvalue weighted by Gasteiger charge is 2.54. The molecule has 2 amide bonds. The second-order valence-electron chi connectivity index (χ2n) is 7.61. The average molecular weight is 346 g/mol. The fraction of sp³-hybridized carbons (Fsp3) is 0.722. The molecule has 0 radical (unpaired) electrons. The Morgan fingerprint density at radius 2 is 2.16 bits per heavy atom. The predicted molar refractivity (Wildman–Crippen MR) is 90.9 cm³/mol. The largest absolute Gasteiger partial charge is 0.371 e. The first-order valence-corrected chi connectivity index (χ1v) is 9.28. The number of aryl methyl sites for hydroxylation is 1. The van der Waals surface area contributed by atoms with Gasteiger partial charge in [-0.2, -0.15) is 5.10 Å². The lowest BCUT2D eigenvalue weighted by molar-refractivity contribution is -0.171. The molecule has 1 saturated carbocycles. The van der Waals surface area contributed by atoms with E-state index in [9.17, 15) is 9.59 Å². The molecule has 3 aliphatic rings. The van der Waals surface area contributed by atoms with Crippen molar-refractivity contribution >= 4 is 11.8 Å². The Morgan fingerprint density at radius 1 is 1.36 bits per heavy atom. The maximum atomic E-state index is 12.3. The number of nitrogens with zero attached hydrogens (tertiary/aromatic N) is 3. The summed E-state index contributed by atoms with van der Waals surface area (Å²) in [6.07, 6.45) is 6.79. The third kappa shape index (κ3) is 2.94. The quantitative estimate of drug-likeness (QED) is 0.861. The molecule has 136 valence electrons. The summed E-state index contributed by atoms with van der Waals surface area (Å²) in [5.41, 5.74) is 0.398. The van der Waals surface area contributed by atoms with Crippen LogP contribution in [0.4, 0.5) is 0 Å². The van der Waals surface area contributed by atoms with Gasteiger partial charge in [0.1, 0.15) is 11.3 Å². The van der Waals surface area contributed by atoms with E-state index >= 15 is 0 Å². The topological polar surface area (TPSA) is 76.5 Å². The lowest BCUT2D eigenvalue weighted by Gasteiger charge is -2.51. The molecule has 4 rings (SSSR count). The fourth-order valence-electron chi connectivity index (χ4n) is 4.26. The first-order valence-electron chi connectivity index (χ1n) is 9.28. The zero-order chi connectivity index (χ0) is 17.4. The molecule has 0 bridgehead atoms. The summed E-state index contributed by atoms with van der Waals surface area (Å²) >= 11 is 0. The Kier molecular flexibility index (Phi) is 4.27. The van der Waals surface area contributed by atoms with Crippen molar-refractivity contribution in [3.63, 3.8) is 0 Å². The van der Waals surface area contributed by atoms with E-state index in [4.69, 9.17) is 4.74 Å². The number of carbonyl (C=O) groups is 2. The molecule has 0 unspecified atom stereocenters. The fourth-order valence-corrected chi connectivity index (χ4v) is 4.26. The van der Waals surface area contributed by atoms with Crippen LogP contribution >= 0.6 is 0 Å². The Morgan fingerprint density at radius 3 is 2.80 bits per heavy atom. The zero-order valence-corrected chi connectivity index (χ0v) is 14.7. The molecule has 1 aliphatic carbocycles. The van der Waals surface area contributed by atoms with Crippen molar-refractivity contribution in [3.05, 3.63) is 18.0 Å². The molecule has 3 fully saturated rings. The molecule has 3 heterocycles. The molecule has 2 saturated heterocycles. The number of hydrogen-bond acceptors (Lipinski definition) is 4. The molecule has 1 spiro atoms. The zero-order valence-electron chi connectivity index (χ0n) is 14.7. The van der Waals surface area contributed by atoms with Gasteiger partial charge in [-0.15, -0.1) is 0 Å². The van der Waals surface area contributed by atoms with E-state index in [2.05, 4.69) is 10.4 Å². The van der Waals surface area contributed by atoms with Gasteiger partial charge in [0.25, 0.3) is 5.91 Å². The number of likely N-dealkylation sites (tertiary alicyclic amines) is 1. The average Bonchev–Trinajstić information content (AvgIpc) is 3.10. The molecular formula is C18H26N4O3. The number of nitrogens with one attached hydrogen (secondary N) is 1. The van der Waals surface area contributed by atoms with Crippen LogP contribution < -0.4 is 5.32 Å². The molecule has 0 aromatic carbocycles. The Labute approximate surface area is 147 Å². The number of rotatable bonds is 5. The van der Waals surface area contributed by atoms with Crippen LogP contribution in [0.15, 0.2) is 12.3 Å². The van der Waals surface area contributed by atoms with Crippen molar-refractivity contribution < 1.29 is 14.3 Å². The van der Waals surface area contributed by atoms with Crippen LogP contribution in [0.1, 0.15) is 42.6 Å². The Hall–Kier alpha value is -1.89. The van der Waals surface area contributed by atoms with Crippen molar-refractivity contribution in [2.24, 2.45) is 18.9 Å². The Balaban J connectivity index is 1.26. The number of aromatic nitrogens is 2. The van der Waals surface area contributed by atoms with Gasteiger partial charge in [0.15, 0.2) is 0 Å². The minimum atomic E-state index is -0.170. The number of amides is 2. The van der Waals surface area contributed by atoms with E-state index in [1.54, 1.807) is 24.0 Å². The molecule has 1 N–H and O–H groups in total. The van der Waals surface area contributed by atoms with Crippen LogP contribution in [0.25, 0.3) is 0 Å². The van der Waals surface area contributed by atoms with Crippen molar-refractivity contribution in [1.82, 2.24) is 20.0 Å². The lowest BCUT2D eigenvalue weighted by atomic mass is 9.76. The number of hydrogen-bond donors (Lipinski definition) is 1. The second kappa shape index (κ2) is 6.44. The highest BCUT2D eigenvalue weighted by molar-refractivity contribution is 5.92. The van der Waals surface area contributed by atoms with E-state index in [0.717, 1.165) is 45.4 Å². The van der Waals surface area contributed by atoms with Gasteiger partial charge < -0.3 is 15.0 Å². The molecule has 1 aromatic rings. The van der Waals surface area contributed by atoms with Gasteiger partial charge in [-0.3, -0.25) is 14.3 Å². The van der Waals surface area contributed by atoms with Gasteiger partial charge in [-0.1, -0.05) is 6.42 Å². The smallest absolute Gasteiger partial charge is 0.269 e. The van der Waals surface area contributed by atoms with Crippen LogP contribution in [-0.2, 0) is 16.6 Å². The molecule has 2 aliphatic heterocycles. The lowest BCUT2D eigenvalue weighted by Crippen LogP contribution is -2.67. The van der Waals surface area contributed by atoms with E-state index < -0.39 is 0 Å². The summed E-state index contributed by atoms with van der Waals surface area (Å²) < 4.78 is 7.60. The molecule has 7 heteroatoms.